The van der Waals surface area contributed by atoms with E-state index in [0.717, 1.165) is 62.8 Å². The molecule has 5 aliphatic heterocycles. The zero-order valence-corrected chi connectivity index (χ0v) is 22.3. The van der Waals surface area contributed by atoms with E-state index in [0.29, 0.717) is 12.1 Å². The Labute approximate surface area is 223 Å². The summed E-state index contributed by atoms with van der Waals surface area (Å²) in [5, 5.41) is 18.0. The minimum Gasteiger partial charge on any atom is -0.325 e. The normalized spacial score (nSPS) is 31.1. The van der Waals surface area contributed by atoms with Crippen LogP contribution in [0.4, 0.5) is 23.3 Å². The fourth-order valence-corrected chi connectivity index (χ4v) is 8.10. The highest BCUT2D eigenvalue weighted by atomic mass is 16.6. The summed E-state index contributed by atoms with van der Waals surface area (Å²) in [6.45, 7) is 5.83. The monoisotopic (exact) mass is 524 g/mol. The van der Waals surface area contributed by atoms with Gasteiger partial charge in [-0.1, -0.05) is 51.4 Å². The van der Waals surface area contributed by atoms with Crippen LogP contribution in [-0.4, -0.2) is 94.4 Å². The molecule has 206 valence electrons. The fraction of sp³-hybridized carbons (Fsp3) is 0.846. The number of likely N-dealkylation sites (tertiary alicyclic amines) is 1. The molecule has 0 unspecified atom stereocenters. The predicted octanol–water partition coefficient (Wildman–Crippen LogP) is 3.05. The molecule has 0 aromatic carbocycles. The Kier molecular flexibility index (Phi) is 5.85. The Morgan fingerprint density at radius 3 is 1.47 bits per heavy atom. The molecule has 4 fully saturated rings. The van der Waals surface area contributed by atoms with Crippen LogP contribution in [0, 0.1) is 0 Å². The van der Waals surface area contributed by atoms with Crippen molar-refractivity contribution >= 4 is 23.3 Å². The minimum atomic E-state index is 0.0619. The van der Waals surface area contributed by atoms with Gasteiger partial charge in [0.25, 0.3) is 0 Å². The van der Waals surface area contributed by atoms with Crippen LogP contribution in [0.2, 0.25) is 0 Å². The van der Waals surface area contributed by atoms with Crippen LogP contribution < -0.4 is 19.6 Å². The summed E-state index contributed by atoms with van der Waals surface area (Å²) in [6.07, 6.45) is 15.9. The van der Waals surface area contributed by atoms with Crippen LogP contribution in [0.1, 0.15) is 77.0 Å². The highest BCUT2D eigenvalue weighted by molar-refractivity contribution is 5.76. The highest BCUT2D eigenvalue weighted by Gasteiger charge is 2.58. The van der Waals surface area contributed by atoms with Crippen molar-refractivity contribution in [3.63, 3.8) is 0 Å². The topological polar surface area (TPSA) is 97.3 Å². The molecular formula is C26H40N10O2. The van der Waals surface area contributed by atoms with E-state index in [1.54, 1.807) is 0 Å². The molecule has 8 rings (SSSR count). The van der Waals surface area contributed by atoms with Crippen molar-refractivity contribution in [3.05, 3.63) is 0 Å². The number of hydrogen-bond acceptors (Lipinski definition) is 12. The summed E-state index contributed by atoms with van der Waals surface area (Å²) in [6, 6.07) is 0.938. The number of aromatic nitrogens is 4. The number of anilines is 4. The molecule has 12 nitrogen and oxygen atoms in total. The first kappa shape index (κ1) is 23.3. The lowest BCUT2D eigenvalue weighted by molar-refractivity contribution is 0.109. The van der Waals surface area contributed by atoms with Crippen molar-refractivity contribution in [2.45, 2.75) is 101 Å². The van der Waals surface area contributed by atoms with Gasteiger partial charge in [0.05, 0.1) is 13.3 Å². The fourth-order valence-electron chi connectivity index (χ4n) is 8.10. The van der Waals surface area contributed by atoms with E-state index in [4.69, 9.17) is 9.26 Å². The molecule has 1 aliphatic carbocycles. The molecule has 2 aromatic rings. The molecule has 3 saturated heterocycles. The van der Waals surface area contributed by atoms with Crippen LogP contribution in [-0.2, 0) is 0 Å². The quantitative estimate of drug-likeness (QED) is 0.577. The number of hydrogen-bond donors (Lipinski definition) is 0. The van der Waals surface area contributed by atoms with Gasteiger partial charge in [-0.25, -0.2) is 9.26 Å². The Morgan fingerprint density at radius 2 is 0.921 bits per heavy atom. The molecule has 0 atom stereocenters. The van der Waals surface area contributed by atoms with Crippen molar-refractivity contribution in [2.24, 2.45) is 0 Å². The van der Waals surface area contributed by atoms with Gasteiger partial charge in [0.1, 0.15) is 12.3 Å². The largest absolute Gasteiger partial charge is 0.325 e. The third-order valence-corrected chi connectivity index (χ3v) is 10.0. The maximum Gasteiger partial charge on any atom is 0.220 e. The average molecular weight is 525 g/mol. The Bertz CT molecular complexity index is 964. The molecule has 0 spiro atoms. The van der Waals surface area contributed by atoms with Crippen LogP contribution in [0.5, 0.6) is 0 Å². The minimum absolute atomic E-state index is 0.0619. The van der Waals surface area contributed by atoms with E-state index in [2.05, 4.69) is 50.0 Å². The van der Waals surface area contributed by atoms with Gasteiger partial charge in [-0.3, -0.25) is 9.80 Å². The van der Waals surface area contributed by atoms with Gasteiger partial charge in [-0.05, 0) is 59.4 Å². The molecule has 2 aromatic heterocycles. The molecule has 0 bridgehead atoms. The van der Waals surface area contributed by atoms with Crippen molar-refractivity contribution in [2.75, 3.05) is 59.1 Å². The average Bonchev–Trinajstić information content (AvgIpc) is 3.58. The maximum atomic E-state index is 5.45. The van der Waals surface area contributed by atoms with Gasteiger partial charge >= 0.3 is 0 Å². The third-order valence-electron chi connectivity index (χ3n) is 10.0. The van der Waals surface area contributed by atoms with Gasteiger partial charge in [0.2, 0.25) is 23.3 Å². The van der Waals surface area contributed by atoms with Gasteiger partial charge in [-0.15, -0.1) is 0 Å². The second-order valence-electron chi connectivity index (χ2n) is 12.2. The summed E-state index contributed by atoms with van der Waals surface area (Å²) in [5.74, 6) is 3.46. The van der Waals surface area contributed by atoms with Crippen molar-refractivity contribution in [1.29, 1.82) is 0 Å². The Balaban J connectivity index is 1.16. The van der Waals surface area contributed by atoms with Gasteiger partial charge < -0.3 is 19.6 Å². The van der Waals surface area contributed by atoms with E-state index in [9.17, 15) is 0 Å². The first-order chi connectivity index (χ1) is 18.9. The van der Waals surface area contributed by atoms with Gasteiger partial charge in [0.15, 0.2) is 0 Å². The predicted molar refractivity (Wildman–Crippen MR) is 142 cm³/mol. The number of fused-ring (bicyclic) bond motifs is 6. The van der Waals surface area contributed by atoms with E-state index in [-0.39, 0.29) is 12.3 Å². The summed E-state index contributed by atoms with van der Waals surface area (Å²) >= 11 is 0. The molecule has 0 N–H and O–H groups in total. The Morgan fingerprint density at radius 1 is 0.474 bits per heavy atom. The molecule has 12 heteroatoms. The molecule has 7 heterocycles. The van der Waals surface area contributed by atoms with Crippen LogP contribution in [0.3, 0.4) is 0 Å². The maximum absolute atomic E-state index is 5.45. The van der Waals surface area contributed by atoms with E-state index in [1.165, 1.54) is 77.0 Å². The first-order valence-electron chi connectivity index (χ1n) is 15.1. The lowest BCUT2D eigenvalue weighted by atomic mass is 9.95. The van der Waals surface area contributed by atoms with E-state index < -0.39 is 0 Å². The summed E-state index contributed by atoms with van der Waals surface area (Å²) < 4.78 is 10.9. The van der Waals surface area contributed by atoms with Gasteiger partial charge in [-0.2, -0.15) is 0 Å². The standard InChI is InChI=1S/C26H40N10O2/c1-3-7-11-19(12-8-4-1)32-17-35-23-21(27-37-29-23)33-15-20(31-13-9-5-2-6-10-14-31)16-34-22-24(30-38-28-22)36(18-32)26(35)25(33)34/h19-20,25-26H,1-18H2. The molecule has 0 radical (unpaired) electrons. The van der Waals surface area contributed by atoms with E-state index >= 15 is 0 Å². The highest BCUT2D eigenvalue weighted by Crippen LogP contribution is 2.48. The second-order valence-corrected chi connectivity index (χ2v) is 12.2. The smallest absolute Gasteiger partial charge is 0.220 e. The summed E-state index contributed by atoms with van der Waals surface area (Å²) in [7, 11) is 0. The van der Waals surface area contributed by atoms with E-state index in [1.807, 2.05) is 0 Å². The zero-order chi connectivity index (χ0) is 25.1. The van der Waals surface area contributed by atoms with Crippen LogP contribution >= 0.6 is 0 Å². The lowest BCUT2D eigenvalue weighted by Gasteiger charge is -2.63. The van der Waals surface area contributed by atoms with Crippen molar-refractivity contribution in [1.82, 2.24) is 30.4 Å². The van der Waals surface area contributed by atoms with Crippen molar-refractivity contribution < 1.29 is 9.26 Å². The third kappa shape index (κ3) is 3.70. The molecule has 38 heavy (non-hydrogen) atoms. The SMILES string of the molecule is C1CCCC(N2CN3c4nonc4N4CC(N5CCCCCCC5)CN5c6nonc6N(C2)C3C45)CCC1. The Hall–Kier alpha value is -2.60. The molecule has 6 aliphatic rings. The number of nitrogens with zero attached hydrogens (tertiary/aromatic N) is 10. The number of rotatable bonds is 2. The molecule has 0 amide bonds. The first-order valence-corrected chi connectivity index (χ1v) is 15.1. The zero-order valence-electron chi connectivity index (χ0n) is 22.3. The van der Waals surface area contributed by atoms with Crippen LogP contribution in [0.25, 0.3) is 0 Å². The molecule has 1 saturated carbocycles. The lowest BCUT2D eigenvalue weighted by Crippen LogP contribution is -2.80. The summed E-state index contributed by atoms with van der Waals surface area (Å²) in [5.41, 5.74) is 0. The van der Waals surface area contributed by atoms with Crippen LogP contribution in [0.15, 0.2) is 9.26 Å². The van der Waals surface area contributed by atoms with Gasteiger partial charge in [0, 0.05) is 25.2 Å². The van der Waals surface area contributed by atoms with Crippen molar-refractivity contribution in [3.8, 4) is 0 Å². The second kappa shape index (κ2) is 9.55. The summed E-state index contributed by atoms with van der Waals surface area (Å²) in [4.78, 5) is 15.0. The molecular weight excluding hydrogens is 484 g/mol.